The third kappa shape index (κ3) is 4.48. The van der Waals surface area contributed by atoms with Gasteiger partial charge in [0.2, 0.25) is 0 Å². The third-order valence-electron chi connectivity index (χ3n) is 3.17. The van der Waals surface area contributed by atoms with Gasteiger partial charge < -0.3 is 14.8 Å². The van der Waals surface area contributed by atoms with E-state index in [9.17, 15) is 0 Å². The minimum Gasteiger partial charge on any atom is -0.497 e. The largest absolute Gasteiger partial charge is 0.497 e. The summed E-state index contributed by atoms with van der Waals surface area (Å²) in [4.78, 5) is 0. The van der Waals surface area contributed by atoms with Crippen LogP contribution in [0.25, 0.3) is 0 Å². The molecule has 0 radical (unpaired) electrons. The van der Waals surface area contributed by atoms with Crippen LogP contribution in [-0.4, -0.2) is 13.7 Å². The van der Waals surface area contributed by atoms with Gasteiger partial charge in [-0.2, -0.15) is 0 Å². The van der Waals surface area contributed by atoms with Crippen LogP contribution >= 0.6 is 15.9 Å². The molecule has 0 bridgehead atoms. The van der Waals surface area contributed by atoms with E-state index in [1.165, 1.54) is 5.56 Å². The summed E-state index contributed by atoms with van der Waals surface area (Å²) in [6.07, 6.45) is 0. The zero-order valence-electron chi connectivity index (χ0n) is 12.4. The number of hydrogen-bond acceptors (Lipinski definition) is 3. The van der Waals surface area contributed by atoms with Gasteiger partial charge in [0, 0.05) is 22.1 Å². The maximum atomic E-state index is 5.98. The minimum absolute atomic E-state index is 0.501. The Morgan fingerprint density at radius 2 is 1.90 bits per heavy atom. The van der Waals surface area contributed by atoms with Crippen LogP contribution in [0.15, 0.2) is 46.9 Å². The number of benzene rings is 2. The van der Waals surface area contributed by atoms with E-state index in [0.717, 1.165) is 34.6 Å². The van der Waals surface area contributed by atoms with Crippen LogP contribution in [0.1, 0.15) is 18.1 Å². The lowest BCUT2D eigenvalue weighted by atomic mass is 10.2. The summed E-state index contributed by atoms with van der Waals surface area (Å²) in [5.74, 6) is 1.74. The Morgan fingerprint density at radius 1 is 1.10 bits per heavy atom. The summed E-state index contributed by atoms with van der Waals surface area (Å²) in [7, 11) is 1.67. The van der Waals surface area contributed by atoms with Gasteiger partial charge in [0.05, 0.1) is 7.11 Å². The van der Waals surface area contributed by atoms with Crippen molar-refractivity contribution in [3.63, 3.8) is 0 Å². The number of halogens is 1. The number of methoxy groups -OCH3 is 1. The van der Waals surface area contributed by atoms with Crippen molar-refractivity contribution >= 4 is 15.9 Å². The number of para-hydroxylation sites is 1. The van der Waals surface area contributed by atoms with E-state index in [-0.39, 0.29) is 0 Å². The van der Waals surface area contributed by atoms with Crippen LogP contribution in [0.3, 0.4) is 0 Å². The molecule has 0 saturated heterocycles. The van der Waals surface area contributed by atoms with Gasteiger partial charge in [0.25, 0.3) is 0 Å². The van der Waals surface area contributed by atoms with Gasteiger partial charge in [-0.05, 0) is 30.8 Å². The molecule has 0 fully saturated rings. The predicted octanol–water partition coefficient (Wildman–Crippen LogP) is 4.15. The third-order valence-corrected chi connectivity index (χ3v) is 3.95. The lowest BCUT2D eigenvalue weighted by Crippen LogP contribution is -2.12. The second-order valence-electron chi connectivity index (χ2n) is 4.63. The quantitative estimate of drug-likeness (QED) is 0.814. The van der Waals surface area contributed by atoms with Crippen LogP contribution in [0.5, 0.6) is 11.5 Å². The molecule has 0 amide bonds. The molecule has 0 aliphatic carbocycles. The van der Waals surface area contributed by atoms with Crippen LogP contribution in [0, 0.1) is 0 Å². The molecule has 0 spiro atoms. The maximum Gasteiger partial charge on any atom is 0.124 e. The lowest BCUT2D eigenvalue weighted by molar-refractivity contribution is 0.300. The molecule has 0 aliphatic heterocycles. The molecule has 4 heteroatoms. The van der Waals surface area contributed by atoms with E-state index in [0.29, 0.717) is 6.61 Å². The zero-order chi connectivity index (χ0) is 15.1. The number of nitrogens with one attached hydrogen (secondary N) is 1. The van der Waals surface area contributed by atoms with Crippen molar-refractivity contribution in [1.82, 2.24) is 5.32 Å². The van der Waals surface area contributed by atoms with Crippen LogP contribution in [0.4, 0.5) is 0 Å². The standard InChI is InChI=1S/C17H20BrNO2/c1-3-19-11-13-6-4-5-7-17(13)21-12-14-10-15(20-2)8-9-16(14)18/h4-10,19H,3,11-12H2,1-2H3. The molecule has 1 N–H and O–H groups in total. The minimum atomic E-state index is 0.501. The second-order valence-corrected chi connectivity index (χ2v) is 5.49. The van der Waals surface area contributed by atoms with Crippen LogP contribution in [0.2, 0.25) is 0 Å². The molecule has 2 aromatic rings. The van der Waals surface area contributed by atoms with Gasteiger partial charge in [0.15, 0.2) is 0 Å². The van der Waals surface area contributed by atoms with Crippen LogP contribution in [-0.2, 0) is 13.2 Å². The van der Waals surface area contributed by atoms with Crippen molar-refractivity contribution in [1.29, 1.82) is 0 Å². The van der Waals surface area contributed by atoms with Crippen LogP contribution < -0.4 is 14.8 Å². The highest BCUT2D eigenvalue weighted by atomic mass is 79.9. The van der Waals surface area contributed by atoms with Gasteiger partial charge in [0.1, 0.15) is 18.1 Å². The first-order valence-corrected chi connectivity index (χ1v) is 7.77. The molecule has 21 heavy (non-hydrogen) atoms. The first kappa shape index (κ1) is 15.9. The predicted molar refractivity (Wildman–Crippen MR) is 88.8 cm³/mol. The molecular weight excluding hydrogens is 330 g/mol. The Morgan fingerprint density at radius 3 is 2.67 bits per heavy atom. The second kappa shape index (κ2) is 8.05. The fourth-order valence-electron chi connectivity index (χ4n) is 1.99. The van der Waals surface area contributed by atoms with Gasteiger partial charge in [-0.25, -0.2) is 0 Å². The molecule has 2 rings (SSSR count). The highest BCUT2D eigenvalue weighted by molar-refractivity contribution is 9.10. The number of rotatable bonds is 7. The molecule has 0 saturated carbocycles. The van der Waals surface area contributed by atoms with Gasteiger partial charge in [-0.15, -0.1) is 0 Å². The summed E-state index contributed by atoms with van der Waals surface area (Å²) in [6, 6.07) is 14.0. The van der Waals surface area contributed by atoms with Crippen molar-refractivity contribution < 1.29 is 9.47 Å². The van der Waals surface area contributed by atoms with Gasteiger partial charge in [-0.1, -0.05) is 41.1 Å². The van der Waals surface area contributed by atoms with E-state index >= 15 is 0 Å². The summed E-state index contributed by atoms with van der Waals surface area (Å²) >= 11 is 3.55. The van der Waals surface area contributed by atoms with E-state index in [4.69, 9.17) is 9.47 Å². The molecule has 112 valence electrons. The van der Waals surface area contributed by atoms with Crippen molar-refractivity contribution in [2.45, 2.75) is 20.1 Å². The van der Waals surface area contributed by atoms with E-state index < -0.39 is 0 Å². The monoisotopic (exact) mass is 349 g/mol. The fourth-order valence-corrected chi connectivity index (χ4v) is 2.36. The average molecular weight is 350 g/mol. The molecule has 2 aromatic carbocycles. The molecule has 0 atom stereocenters. The Kier molecular flexibility index (Phi) is 6.08. The summed E-state index contributed by atoms with van der Waals surface area (Å²) in [5, 5.41) is 3.32. The lowest BCUT2D eigenvalue weighted by Gasteiger charge is -2.13. The summed E-state index contributed by atoms with van der Waals surface area (Å²) in [6.45, 7) is 4.35. The van der Waals surface area contributed by atoms with Crippen molar-refractivity contribution in [3.05, 3.63) is 58.1 Å². The Hall–Kier alpha value is -1.52. The topological polar surface area (TPSA) is 30.5 Å². The van der Waals surface area contributed by atoms with E-state index in [1.54, 1.807) is 7.11 Å². The normalized spacial score (nSPS) is 10.4. The Balaban J connectivity index is 2.09. The molecule has 0 aliphatic rings. The van der Waals surface area contributed by atoms with Crippen molar-refractivity contribution in [2.24, 2.45) is 0 Å². The molecule has 0 unspecified atom stereocenters. The summed E-state index contributed by atoms with van der Waals surface area (Å²) in [5.41, 5.74) is 2.23. The Bertz CT molecular complexity index is 587. The van der Waals surface area contributed by atoms with E-state index in [1.807, 2.05) is 36.4 Å². The van der Waals surface area contributed by atoms with Crippen molar-refractivity contribution in [3.8, 4) is 11.5 Å². The SMILES string of the molecule is CCNCc1ccccc1OCc1cc(OC)ccc1Br. The van der Waals surface area contributed by atoms with Gasteiger partial charge in [-0.3, -0.25) is 0 Å². The average Bonchev–Trinajstić information content (AvgIpc) is 2.53. The molecule has 3 nitrogen and oxygen atoms in total. The van der Waals surface area contributed by atoms with E-state index in [2.05, 4.69) is 34.2 Å². The molecule has 0 aromatic heterocycles. The molecule has 0 heterocycles. The smallest absolute Gasteiger partial charge is 0.124 e. The highest BCUT2D eigenvalue weighted by Crippen LogP contribution is 2.25. The first-order valence-electron chi connectivity index (χ1n) is 6.98. The summed E-state index contributed by atoms with van der Waals surface area (Å²) < 4.78 is 12.2. The Labute approximate surface area is 134 Å². The zero-order valence-corrected chi connectivity index (χ0v) is 13.9. The fraction of sp³-hybridized carbons (Fsp3) is 0.294. The van der Waals surface area contributed by atoms with Crippen molar-refractivity contribution in [2.75, 3.05) is 13.7 Å². The maximum absolute atomic E-state index is 5.98. The highest BCUT2D eigenvalue weighted by Gasteiger charge is 2.06. The molecular formula is C17H20BrNO2. The number of hydrogen-bond donors (Lipinski definition) is 1. The first-order chi connectivity index (χ1) is 10.2. The number of ether oxygens (including phenoxy) is 2. The van der Waals surface area contributed by atoms with Gasteiger partial charge >= 0.3 is 0 Å².